The van der Waals surface area contributed by atoms with E-state index in [1.165, 1.54) is 19.3 Å². The van der Waals surface area contributed by atoms with Gasteiger partial charge < -0.3 is 15.2 Å². The minimum atomic E-state index is -0.171. The summed E-state index contributed by atoms with van der Waals surface area (Å²) in [5.74, 6) is 1.34. The lowest BCUT2D eigenvalue weighted by molar-refractivity contribution is -0.122. The highest BCUT2D eigenvalue weighted by atomic mass is 16.2. The van der Waals surface area contributed by atoms with Gasteiger partial charge in [0, 0.05) is 30.3 Å². The molecule has 6 heteroatoms. The van der Waals surface area contributed by atoms with Gasteiger partial charge in [-0.15, -0.1) is 0 Å². The van der Waals surface area contributed by atoms with Crippen LogP contribution in [0.4, 0.5) is 5.95 Å². The Kier molecular flexibility index (Phi) is 4.19. The number of nitrogens with zero attached hydrogens (tertiary/aromatic N) is 3. The highest BCUT2D eigenvalue weighted by Gasteiger charge is 2.46. The van der Waals surface area contributed by atoms with E-state index in [4.69, 9.17) is 0 Å². The Labute approximate surface area is 141 Å². The van der Waals surface area contributed by atoms with Crippen LogP contribution in [0.15, 0.2) is 36.8 Å². The second kappa shape index (κ2) is 6.63. The van der Waals surface area contributed by atoms with Gasteiger partial charge in [0.25, 0.3) is 0 Å². The minimum absolute atomic E-state index is 0.0754. The van der Waals surface area contributed by atoms with E-state index in [1.807, 2.05) is 24.4 Å². The number of nitrogens with one attached hydrogen (secondary N) is 2. The van der Waals surface area contributed by atoms with E-state index in [2.05, 4.69) is 25.2 Å². The minimum Gasteiger partial charge on any atom is -0.364 e. The summed E-state index contributed by atoms with van der Waals surface area (Å²) in [5, 5.41) is 3.07. The van der Waals surface area contributed by atoms with E-state index in [1.54, 1.807) is 12.4 Å². The van der Waals surface area contributed by atoms with Crippen LogP contribution in [-0.2, 0) is 11.3 Å². The highest BCUT2D eigenvalue weighted by Crippen LogP contribution is 2.41. The van der Waals surface area contributed by atoms with Crippen molar-refractivity contribution in [2.75, 3.05) is 4.90 Å². The van der Waals surface area contributed by atoms with Gasteiger partial charge in [0.1, 0.15) is 6.04 Å². The van der Waals surface area contributed by atoms with E-state index >= 15 is 0 Å². The molecule has 4 rings (SSSR count). The first-order valence-electron chi connectivity index (χ1n) is 8.78. The summed E-state index contributed by atoms with van der Waals surface area (Å²) in [6.07, 6.45) is 11.1. The number of hydrogen-bond donors (Lipinski definition) is 2. The summed E-state index contributed by atoms with van der Waals surface area (Å²) in [5.41, 5.74) is 1.02. The molecule has 2 N–H and O–H groups in total. The molecular weight excluding hydrogens is 302 g/mol. The molecule has 1 aliphatic heterocycles. The van der Waals surface area contributed by atoms with Crippen LogP contribution in [0, 0.1) is 5.92 Å². The topological polar surface area (TPSA) is 73.9 Å². The van der Waals surface area contributed by atoms with Gasteiger partial charge in [-0.25, -0.2) is 9.97 Å². The number of anilines is 1. The first-order chi connectivity index (χ1) is 11.8. The SMILES string of the molecule is O=C(NCc1ccc[nH]1)[C@@H]1C[C@@H]2CCCC[C@H]2N1c1ncccn1. The van der Waals surface area contributed by atoms with Crippen LogP contribution in [-0.4, -0.2) is 32.9 Å². The van der Waals surface area contributed by atoms with Crippen LogP contribution in [0.3, 0.4) is 0 Å². The summed E-state index contributed by atoms with van der Waals surface area (Å²) in [4.78, 5) is 27.0. The first kappa shape index (κ1) is 15.2. The lowest BCUT2D eigenvalue weighted by Gasteiger charge is -2.33. The fourth-order valence-electron chi connectivity index (χ4n) is 4.18. The number of H-pyrrole nitrogens is 1. The summed E-state index contributed by atoms with van der Waals surface area (Å²) in [6.45, 7) is 0.529. The number of fused-ring (bicyclic) bond motifs is 1. The normalized spacial score (nSPS) is 26.2. The maximum absolute atomic E-state index is 12.8. The van der Waals surface area contributed by atoms with Crippen LogP contribution in [0.25, 0.3) is 0 Å². The largest absolute Gasteiger partial charge is 0.364 e. The molecule has 3 heterocycles. The van der Waals surface area contributed by atoms with Gasteiger partial charge in [0.15, 0.2) is 0 Å². The molecule has 0 unspecified atom stereocenters. The maximum atomic E-state index is 12.8. The Bertz CT molecular complexity index is 672. The molecule has 1 amide bonds. The third-order valence-electron chi connectivity index (χ3n) is 5.29. The number of aromatic amines is 1. The van der Waals surface area contributed by atoms with Crippen molar-refractivity contribution < 1.29 is 4.79 Å². The van der Waals surface area contributed by atoms with Crippen molar-refractivity contribution in [1.29, 1.82) is 0 Å². The van der Waals surface area contributed by atoms with Gasteiger partial charge in [-0.1, -0.05) is 12.8 Å². The van der Waals surface area contributed by atoms with Crippen molar-refractivity contribution in [3.8, 4) is 0 Å². The number of carbonyl (C=O) groups is 1. The van der Waals surface area contributed by atoms with Crippen LogP contribution >= 0.6 is 0 Å². The van der Waals surface area contributed by atoms with Gasteiger partial charge in [-0.05, 0) is 43.4 Å². The molecule has 1 saturated carbocycles. The smallest absolute Gasteiger partial charge is 0.243 e. The Hall–Kier alpha value is -2.37. The van der Waals surface area contributed by atoms with Crippen LogP contribution in [0.5, 0.6) is 0 Å². The fraction of sp³-hybridized carbons (Fsp3) is 0.500. The quantitative estimate of drug-likeness (QED) is 0.904. The van der Waals surface area contributed by atoms with Crippen molar-refractivity contribution in [1.82, 2.24) is 20.3 Å². The molecule has 3 atom stereocenters. The monoisotopic (exact) mass is 325 g/mol. The molecule has 2 aliphatic rings. The Balaban J connectivity index is 1.54. The van der Waals surface area contributed by atoms with Gasteiger partial charge in [0.05, 0.1) is 6.54 Å². The molecular formula is C18H23N5O. The molecule has 2 fully saturated rings. The molecule has 1 saturated heterocycles. The summed E-state index contributed by atoms with van der Waals surface area (Å²) >= 11 is 0. The summed E-state index contributed by atoms with van der Waals surface area (Å²) in [6, 6.07) is 5.96. The molecule has 126 valence electrons. The van der Waals surface area contributed by atoms with Gasteiger partial charge in [-0.3, -0.25) is 4.79 Å². The third kappa shape index (κ3) is 2.88. The molecule has 1 aliphatic carbocycles. The van der Waals surface area contributed by atoms with E-state index in [9.17, 15) is 4.79 Å². The predicted octanol–water partition coefficient (Wildman–Crippen LogP) is 2.26. The number of amides is 1. The molecule has 0 aromatic carbocycles. The zero-order valence-electron chi connectivity index (χ0n) is 13.7. The van der Waals surface area contributed by atoms with E-state index in [0.29, 0.717) is 24.5 Å². The lowest BCUT2D eigenvalue weighted by Crippen LogP contribution is -2.47. The van der Waals surface area contributed by atoms with Gasteiger partial charge in [0.2, 0.25) is 11.9 Å². The van der Waals surface area contributed by atoms with Crippen LogP contribution in [0.1, 0.15) is 37.8 Å². The zero-order valence-corrected chi connectivity index (χ0v) is 13.7. The van der Waals surface area contributed by atoms with Crippen molar-refractivity contribution in [2.24, 2.45) is 5.92 Å². The second-order valence-corrected chi connectivity index (χ2v) is 6.73. The van der Waals surface area contributed by atoms with Crippen molar-refractivity contribution in [3.63, 3.8) is 0 Å². The molecule has 2 aromatic heterocycles. The van der Waals surface area contributed by atoms with E-state index < -0.39 is 0 Å². The Morgan fingerprint density at radius 2 is 2.08 bits per heavy atom. The molecule has 24 heavy (non-hydrogen) atoms. The summed E-state index contributed by atoms with van der Waals surface area (Å²) < 4.78 is 0. The fourth-order valence-corrected chi connectivity index (χ4v) is 4.18. The van der Waals surface area contributed by atoms with Crippen molar-refractivity contribution in [2.45, 2.75) is 50.7 Å². The maximum Gasteiger partial charge on any atom is 0.243 e. The Morgan fingerprint density at radius 1 is 1.25 bits per heavy atom. The van der Waals surface area contributed by atoms with Gasteiger partial charge in [-0.2, -0.15) is 0 Å². The molecule has 0 spiro atoms. The molecule has 2 aromatic rings. The van der Waals surface area contributed by atoms with Crippen LogP contribution < -0.4 is 10.2 Å². The second-order valence-electron chi connectivity index (χ2n) is 6.73. The third-order valence-corrected chi connectivity index (χ3v) is 5.29. The van der Waals surface area contributed by atoms with Crippen molar-refractivity contribution >= 4 is 11.9 Å². The van der Waals surface area contributed by atoms with Gasteiger partial charge >= 0.3 is 0 Å². The average Bonchev–Trinajstić information content (AvgIpc) is 3.28. The highest BCUT2D eigenvalue weighted by molar-refractivity contribution is 5.85. The molecule has 6 nitrogen and oxygen atoms in total. The number of aromatic nitrogens is 3. The standard InChI is InChI=1S/C18H23N5O/c24-17(22-12-14-6-3-8-19-14)16-11-13-5-1-2-7-15(13)23(16)18-20-9-4-10-21-18/h3-4,6,8-10,13,15-16,19H,1-2,5,7,11-12H2,(H,22,24)/t13-,15+,16-/m0/s1. The molecule has 0 radical (unpaired) electrons. The molecule has 0 bridgehead atoms. The van der Waals surface area contributed by atoms with E-state index in [0.717, 1.165) is 18.5 Å². The average molecular weight is 325 g/mol. The zero-order chi connectivity index (χ0) is 16.4. The van der Waals surface area contributed by atoms with E-state index in [-0.39, 0.29) is 11.9 Å². The predicted molar refractivity (Wildman–Crippen MR) is 91.3 cm³/mol. The summed E-state index contributed by atoms with van der Waals surface area (Å²) in [7, 11) is 0. The number of rotatable bonds is 4. The first-order valence-corrected chi connectivity index (χ1v) is 8.78. The Morgan fingerprint density at radius 3 is 2.88 bits per heavy atom. The van der Waals surface area contributed by atoms with Crippen LogP contribution in [0.2, 0.25) is 0 Å². The van der Waals surface area contributed by atoms with Crippen molar-refractivity contribution in [3.05, 3.63) is 42.5 Å². The lowest BCUT2D eigenvalue weighted by atomic mass is 9.85. The number of hydrogen-bond acceptors (Lipinski definition) is 4. The number of carbonyl (C=O) groups excluding carboxylic acids is 1.